The first-order valence-electron chi connectivity index (χ1n) is 11.1. The van der Waals surface area contributed by atoms with E-state index >= 15 is 0 Å². The minimum Gasteiger partial charge on any atom is -0.356 e. The van der Waals surface area contributed by atoms with E-state index in [1.54, 1.807) is 4.31 Å². The van der Waals surface area contributed by atoms with E-state index in [0.717, 1.165) is 50.3 Å². The van der Waals surface area contributed by atoms with Crippen LogP contribution in [0.4, 0.5) is 0 Å². The number of piperidine rings is 1. The topological polar surface area (TPSA) is 73.0 Å². The molecule has 2 heterocycles. The van der Waals surface area contributed by atoms with Crippen LogP contribution >= 0.6 is 0 Å². The van der Waals surface area contributed by atoms with Gasteiger partial charge in [0.25, 0.3) is 0 Å². The Morgan fingerprint density at radius 3 is 2.47 bits per heavy atom. The number of rotatable bonds is 8. The number of amides is 1. The molecule has 1 aromatic carbocycles. The zero-order valence-electron chi connectivity index (χ0n) is 18.3. The Balaban J connectivity index is 1.36. The predicted molar refractivity (Wildman–Crippen MR) is 120 cm³/mol. The minimum absolute atomic E-state index is 0.0256. The van der Waals surface area contributed by atoms with Crippen LogP contribution in [0.15, 0.2) is 24.3 Å². The van der Waals surface area contributed by atoms with Gasteiger partial charge in [0.05, 0.1) is 5.75 Å². The Labute approximate surface area is 181 Å². The van der Waals surface area contributed by atoms with Crippen molar-refractivity contribution in [1.29, 1.82) is 0 Å². The number of hydrogen-bond donors (Lipinski definition) is 1. The smallest absolute Gasteiger partial charge is 0.223 e. The lowest BCUT2D eigenvalue weighted by atomic mass is 9.97. The molecule has 30 heavy (non-hydrogen) atoms. The van der Waals surface area contributed by atoms with Gasteiger partial charge in [-0.1, -0.05) is 29.8 Å². The van der Waals surface area contributed by atoms with Gasteiger partial charge in [-0.3, -0.25) is 4.79 Å². The summed E-state index contributed by atoms with van der Waals surface area (Å²) in [6, 6.07) is 7.62. The van der Waals surface area contributed by atoms with E-state index in [4.69, 9.17) is 0 Å². The van der Waals surface area contributed by atoms with Crippen molar-refractivity contribution >= 4 is 15.9 Å². The number of likely N-dealkylation sites (N-methyl/N-ethyl adjacent to an activating group) is 1. The van der Waals surface area contributed by atoms with E-state index in [9.17, 15) is 13.2 Å². The highest BCUT2D eigenvalue weighted by molar-refractivity contribution is 7.88. The molecule has 168 valence electrons. The molecule has 2 aliphatic heterocycles. The highest BCUT2D eigenvalue weighted by atomic mass is 32.2. The van der Waals surface area contributed by atoms with Gasteiger partial charge in [0.1, 0.15) is 0 Å². The van der Waals surface area contributed by atoms with Crippen LogP contribution in [0.3, 0.4) is 0 Å². The number of sulfonamides is 1. The van der Waals surface area contributed by atoms with Crippen molar-refractivity contribution in [3.63, 3.8) is 0 Å². The third-order valence-electron chi connectivity index (χ3n) is 6.20. The number of aryl methyl sites for hydroxylation is 1. The van der Waals surface area contributed by atoms with Crippen molar-refractivity contribution in [3.8, 4) is 0 Å². The predicted octanol–water partition coefficient (Wildman–Crippen LogP) is 1.29. The number of nitrogens with zero attached hydrogens (tertiary/aromatic N) is 3. The minimum atomic E-state index is -3.35. The average Bonchev–Trinajstić information content (AvgIpc) is 2.72. The molecule has 8 heteroatoms. The molecule has 2 saturated heterocycles. The second kappa shape index (κ2) is 10.7. The maximum absolute atomic E-state index is 12.7. The van der Waals surface area contributed by atoms with Crippen molar-refractivity contribution in [2.45, 2.75) is 31.9 Å². The van der Waals surface area contributed by atoms with Gasteiger partial charge in [-0.2, -0.15) is 0 Å². The molecular formula is C22H36N4O3S. The van der Waals surface area contributed by atoms with Gasteiger partial charge in [0.15, 0.2) is 0 Å². The summed E-state index contributed by atoms with van der Waals surface area (Å²) in [5.74, 6) is 0.0147. The van der Waals surface area contributed by atoms with Gasteiger partial charge >= 0.3 is 0 Å². The number of benzene rings is 1. The van der Waals surface area contributed by atoms with E-state index in [1.807, 2.05) is 31.2 Å². The van der Waals surface area contributed by atoms with Gasteiger partial charge in [-0.25, -0.2) is 12.7 Å². The van der Waals surface area contributed by atoms with Crippen LogP contribution < -0.4 is 5.32 Å². The lowest BCUT2D eigenvalue weighted by Crippen LogP contribution is -2.45. The first kappa shape index (κ1) is 23.2. The fraction of sp³-hybridized carbons (Fsp3) is 0.682. The highest BCUT2D eigenvalue weighted by Gasteiger charge is 2.31. The average molecular weight is 437 g/mol. The van der Waals surface area contributed by atoms with Crippen molar-refractivity contribution in [2.75, 3.05) is 59.4 Å². The zero-order chi connectivity index (χ0) is 21.6. The molecule has 3 rings (SSSR count). The Kier molecular flexibility index (Phi) is 8.27. The summed E-state index contributed by atoms with van der Waals surface area (Å²) < 4.78 is 27.0. The fourth-order valence-electron chi connectivity index (χ4n) is 4.23. The lowest BCUT2D eigenvalue weighted by molar-refractivity contribution is -0.126. The van der Waals surface area contributed by atoms with Gasteiger partial charge in [-0.15, -0.1) is 0 Å². The summed E-state index contributed by atoms with van der Waals surface area (Å²) in [6.45, 7) is 8.93. The molecule has 1 aromatic rings. The van der Waals surface area contributed by atoms with E-state index in [1.165, 1.54) is 0 Å². The van der Waals surface area contributed by atoms with E-state index in [2.05, 4.69) is 22.2 Å². The Morgan fingerprint density at radius 2 is 1.80 bits per heavy atom. The normalized spacial score (nSPS) is 20.3. The van der Waals surface area contributed by atoms with Crippen molar-refractivity contribution in [2.24, 2.45) is 5.92 Å². The second-order valence-corrected chi connectivity index (χ2v) is 10.7. The molecule has 0 unspecified atom stereocenters. The molecule has 1 N–H and O–H groups in total. The molecule has 0 atom stereocenters. The Hall–Kier alpha value is -1.48. The zero-order valence-corrected chi connectivity index (χ0v) is 19.2. The molecule has 0 bridgehead atoms. The van der Waals surface area contributed by atoms with E-state index < -0.39 is 10.0 Å². The molecule has 2 aliphatic rings. The molecule has 0 aromatic heterocycles. The number of carbonyl (C=O) groups is 1. The van der Waals surface area contributed by atoms with Crippen molar-refractivity contribution < 1.29 is 13.2 Å². The molecule has 0 spiro atoms. The van der Waals surface area contributed by atoms with E-state index in [0.29, 0.717) is 32.5 Å². The number of hydrogen-bond acceptors (Lipinski definition) is 5. The quantitative estimate of drug-likeness (QED) is 0.622. The summed E-state index contributed by atoms with van der Waals surface area (Å²) in [7, 11) is -1.20. The Morgan fingerprint density at radius 1 is 1.10 bits per heavy atom. The number of piperazine rings is 1. The third-order valence-corrected chi connectivity index (χ3v) is 8.05. The van der Waals surface area contributed by atoms with E-state index in [-0.39, 0.29) is 17.6 Å². The third kappa shape index (κ3) is 6.77. The summed E-state index contributed by atoms with van der Waals surface area (Å²) in [5.41, 5.74) is 1.88. The maximum atomic E-state index is 12.7. The lowest BCUT2D eigenvalue weighted by Gasteiger charge is -2.32. The first-order chi connectivity index (χ1) is 14.3. The molecule has 0 radical (unpaired) electrons. The van der Waals surface area contributed by atoms with Crippen LogP contribution in [-0.4, -0.2) is 87.8 Å². The summed E-state index contributed by atoms with van der Waals surface area (Å²) in [5, 5.41) is 3.06. The number of carbonyl (C=O) groups excluding carboxylic acids is 1. The van der Waals surface area contributed by atoms with Crippen LogP contribution in [0.2, 0.25) is 0 Å². The molecule has 7 nitrogen and oxygen atoms in total. The number of nitrogens with one attached hydrogen (secondary N) is 1. The monoisotopic (exact) mass is 436 g/mol. The standard InChI is InChI=1S/C22H36N4O3S/c1-19-5-3-6-20(17-19)18-30(28,29)26-11-7-21(8-12-26)22(27)23-9-4-10-25-15-13-24(2)14-16-25/h3,5-6,17,21H,4,7-16,18H2,1-2H3,(H,23,27). The van der Waals surface area contributed by atoms with Gasteiger partial charge < -0.3 is 15.1 Å². The van der Waals surface area contributed by atoms with Crippen molar-refractivity contribution in [3.05, 3.63) is 35.4 Å². The van der Waals surface area contributed by atoms with Crippen LogP contribution in [-0.2, 0) is 20.6 Å². The Bertz CT molecular complexity index is 798. The molecule has 2 fully saturated rings. The maximum Gasteiger partial charge on any atom is 0.223 e. The first-order valence-corrected chi connectivity index (χ1v) is 12.7. The van der Waals surface area contributed by atoms with Gasteiger partial charge in [-0.05, 0) is 45.3 Å². The second-order valence-electron chi connectivity index (χ2n) is 8.71. The summed E-state index contributed by atoms with van der Waals surface area (Å²) >= 11 is 0. The van der Waals surface area contributed by atoms with Crippen LogP contribution in [0.1, 0.15) is 30.4 Å². The molecule has 1 amide bonds. The van der Waals surface area contributed by atoms with Gasteiger partial charge in [0.2, 0.25) is 15.9 Å². The van der Waals surface area contributed by atoms with Crippen LogP contribution in [0.5, 0.6) is 0 Å². The van der Waals surface area contributed by atoms with Crippen LogP contribution in [0.25, 0.3) is 0 Å². The van der Waals surface area contributed by atoms with Crippen LogP contribution in [0, 0.1) is 12.8 Å². The summed E-state index contributed by atoms with van der Waals surface area (Å²) in [6.07, 6.45) is 2.15. The largest absolute Gasteiger partial charge is 0.356 e. The fourth-order valence-corrected chi connectivity index (χ4v) is 5.78. The molecule has 0 saturated carbocycles. The van der Waals surface area contributed by atoms with Crippen molar-refractivity contribution in [1.82, 2.24) is 19.4 Å². The summed E-state index contributed by atoms with van der Waals surface area (Å²) in [4.78, 5) is 17.3. The molecule has 0 aliphatic carbocycles. The SMILES string of the molecule is Cc1cccc(CS(=O)(=O)N2CCC(C(=O)NCCCN3CCN(C)CC3)CC2)c1. The highest BCUT2D eigenvalue weighted by Crippen LogP contribution is 2.22. The van der Waals surface area contributed by atoms with Gasteiger partial charge in [0, 0.05) is 51.7 Å². The molecular weight excluding hydrogens is 400 g/mol.